The molecule has 1 saturated heterocycles. The van der Waals surface area contributed by atoms with Gasteiger partial charge in [-0.25, -0.2) is 0 Å². The van der Waals surface area contributed by atoms with E-state index in [9.17, 15) is 4.79 Å². The van der Waals surface area contributed by atoms with Crippen molar-refractivity contribution >= 4 is 17.3 Å². The molecule has 0 saturated carbocycles. The van der Waals surface area contributed by atoms with Crippen LogP contribution in [0.3, 0.4) is 0 Å². The fraction of sp³-hybridized carbons (Fsp3) is 0.381. The van der Waals surface area contributed by atoms with Crippen LogP contribution in [0.5, 0.6) is 11.5 Å². The van der Waals surface area contributed by atoms with Gasteiger partial charge in [0.15, 0.2) is 17.6 Å². The third kappa shape index (κ3) is 3.71. The van der Waals surface area contributed by atoms with Gasteiger partial charge in [-0.2, -0.15) is 0 Å². The molecule has 0 aromatic heterocycles. The molecule has 6 nitrogen and oxygen atoms in total. The summed E-state index contributed by atoms with van der Waals surface area (Å²) in [7, 11) is 1.63. The summed E-state index contributed by atoms with van der Waals surface area (Å²) in [5.74, 6) is 1.15. The molecule has 2 heterocycles. The van der Waals surface area contributed by atoms with E-state index in [4.69, 9.17) is 9.47 Å². The van der Waals surface area contributed by atoms with Crippen LogP contribution in [-0.2, 0) is 11.3 Å². The smallest absolute Gasteiger partial charge is 0.265 e. The first-order valence-electron chi connectivity index (χ1n) is 9.35. The van der Waals surface area contributed by atoms with E-state index in [2.05, 4.69) is 39.4 Å². The Kier molecular flexibility index (Phi) is 4.90. The number of hydrogen-bond acceptors (Lipinski definition) is 5. The second kappa shape index (κ2) is 7.48. The summed E-state index contributed by atoms with van der Waals surface area (Å²) in [5, 5.41) is 2.92. The number of nitrogens with zero attached hydrogens (tertiary/aromatic N) is 2. The van der Waals surface area contributed by atoms with Gasteiger partial charge in [0.1, 0.15) is 0 Å². The molecule has 1 amide bonds. The van der Waals surface area contributed by atoms with Crippen LogP contribution < -0.4 is 19.7 Å². The second-order valence-electron chi connectivity index (χ2n) is 7.02. The molecule has 2 aromatic rings. The molecule has 2 aliphatic rings. The summed E-state index contributed by atoms with van der Waals surface area (Å²) in [5.41, 5.74) is 3.08. The molecule has 1 unspecified atom stereocenters. The third-order valence-electron chi connectivity index (χ3n) is 5.16. The molecule has 1 N–H and O–H groups in total. The summed E-state index contributed by atoms with van der Waals surface area (Å²) < 4.78 is 11.2. The van der Waals surface area contributed by atoms with Crippen LogP contribution in [0.1, 0.15) is 12.5 Å². The van der Waals surface area contributed by atoms with Crippen molar-refractivity contribution in [1.29, 1.82) is 0 Å². The Balaban J connectivity index is 1.45. The molecular formula is C21H25N3O3. The van der Waals surface area contributed by atoms with Gasteiger partial charge in [0.05, 0.1) is 12.8 Å². The highest BCUT2D eigenvalue weighted by Crippen LogP contribution is 2.40. The number of rotatable bonds is 4. The summed E-state index contributed by atoms with van der Waals surface area (Å²) in [6.07, 6.45) is -0.511. The Hall–Kier alpha value is -2.73. The molecule has 27 heavy (non-hydrogen) atoms. The monoisotopic (exact) mass is 367 g/mol. The molecular weight excluding hydrogens is 342 g/mol. The van der Waals surface area contributed by atoms with Gasteiger partial charge in [-0.15, -0.1) is 0 Å². The lowest BCUT2D eigenvalue weighted by Gasteiger charge is -2.36. The van der Waals surface area contributed by atoms with Gasteiger partial charge in [-0.1, -0.05) is 18.2 Å². The van der Waals surface area contributed by atoms with Crippen molar-refractivity contribution in [2.75, 3.05) is 43.5 Å². The van der Waals surface area contributed by atoms with Crippen LogP contribution in [0.2, 0.25) is 0 Å². The van der Waals surface area contributed by atoms with Gasteiger partial charge in [-0.3, -0.25) is 9.69 Å². The van der Waals surface area contributed by atoms with Gasteiger partial charge in [0.25, 0.3) is 5.91 Å². The summed E-state index contributed by atoms with van der Waals surface area (Å²) in [6, 6.07) is 14.5. The normalized spacial score (nSPS) is 19.9. The molecule has 1 fully saturated rings. The predicted molar refractivity (Wildman–Crippen MR) is 106 cm³/mol. The maximum atomic E-state index is 11.9. The minimum Gasteiger partial charge on any atom is -0.493 e. The van der Waals surface area contributed by atoms with E-state index in [1.54, 1.807) is 14.0 Å². The number of anilines is 2. The fourth-order valence-electron chi connectivity index (χ4n) is 3.64. The summed E-state index contributed by atoms with van der Waals surface area (Å²) in [6.45, 7) is 6.55. The average molecular weight is 367 g/mol. The zero-order chi connectivity index (χ0) is 18.8. The van der Waals surface area contributed by atoms with Crippen molar-refractivity contribution in [3.8, 4) is 11.5 Å². The number of ether oxygens (including phenoxy) is 2. The van der Waals surface area contributed by atoms with E-state index in [1.807, 2.05) is 18.2 Å². The first kappa shape index (κ1) is 17.7. The van der Waals surface area contributed by atoms with E-state index in [0.29, 0.717) is 17.2 Å². The highest BCUT2D eigenvalue weighted by molar-refractivity contribution is 5.98. The number of amides is 1. The van der Waals surface area contributed by atoms with Gasteiger partial charge in [0, 0.05) is 38.4 Å². The van der Waals surface area contributed by atoms with Crippen molar-refractivity contribution in [1.82, 2.24) is 4.90 Å². The SMILES string of the molecule is COc1cc(CN2CCN(c3ccccc3)CC2)cc2c1OC(C)C(=O)N2. The van der Waals surface area contributed by atoms with Crippen LogP contribution in [0, 0.1) is 0 Å². The van der Waals surface area contributed by atoms with Crippen molar-refractivity contribution in [2.24, 2.45) is 0 Å². The molecule has 142 valence electrons. The molecule has 0 radical (unpaired) electrons. The van der Waals surface area contributed by atoms with E-state index in [0.717, 1.165) is 38.3 Å². The minimum atomic E-state index is -0.511. The van der Waals surface area contributed by atoms with Gasteiger partial charge < -0.3 is 19.7 Å². The minimum absolute atomic E-state index is 0.127. The maximum Gasteiger partial charge on any atom is 0.265 e. The Bertz CT molecular complexity index is 817. The highest BCUT2D eigenvalue weighted by Gasteiger charge is 2.27. The molecule has 4 rings (SSSR count). The number of carbonyl (C=O) groups is 1. The quantitative estimate of drug-likeness (QED) is 0.901. The molecule has 0 bridgehead atoms. The van der Waals surface area contributed by atoms with E-state index < -0.39 is 6.10 Å². The Morgan fingerprint density at radius 2 is 1.89 bits per heavy atom. The fourth-order valence-corrected chi connectivity index (χ4v) is 3.64. The molecule has 2 aromatic carbocycles. The molecule has 1 atom stereocenters. The van der Waals surface area contributed by atoms with Crippen molar-refractivity contribution in [3.63, 3.8) is 0 Å². The van der Waals surface area contributed by atoms with Crippen molar-refractivity contribution in [2.45, 2.75) is 19.6 Å². The van der Waals surface area contributed by atoms with Crippen LogP contribution in [-0.4, -0.2) is 50.2 Å². The first-order valence-corrected chi connectivity index (χ1v) is 9.35. The lowest BCUT2D eigenvalue weighted by atomic mass is 10.1. The van der Waals surface area contributed by atoms with Crippen LogP contribution in [0.4, 0.5) is 11.4 Å². The number of carbonyl (C=O) groups excluding carboxylic acids is 1. The number of piperazine rings is 1. The number of nitrogens with one attached hydrogen (secondary N) is 1. The van der Waals surface area contributed by atoms with Crippen LogP contribution >= 0.6 is 0 Å². The summed E-state index contributed by atoms with van der Waals surface area (Å²) >= 11 is 0. The third-order valence-corrected chi connectivity index (χ3v) is 5.16. The standard InChI is InChI=1S/C21H25N3O3/c1-15-21(25)22-18-12-16(13-19(26-2)20(18)27-15)14-23-8-10-24(11-9-23)17-6-4-3-5-7-17/h3-7,12-13,15H,8-11,14H2,1-2H3,(H,22,25). The molecule has 2 aliphatic heterocycles. The lowest BCUT2D eigenvalue weighted by Crippen LogP contribution is -2.46. The Morgan fingerprint density at radius 1 is 1.15 bits per heavy atom. The number of fused-ring (bicyclic) bond motifs is 1. The van der Waals surface area contributed by atoms with Gasteiger partial charge in [0.2, 0.25) is 0 Å². The van der Waals surface area contributed by atoms with Gasteiger partial charge in [-0.05, 0) is 36.8 Å². The molecule has 0 aliphatic carbocycles. The van der Waals surface area contributed by atoms with E-state index in [-0.39, 0.29) is 5.91 Å². The largest absolute Gasteiger partial charge is 0.493 e. The van der Waals surface area contributed by atoms with Crippen LogP contribution in [0.15, 0.2) is 42.5 Å². The Morgan fingerprint density at radius 3 is 2.59 bits per heavy atom. The van der Waals surface area contributed by atoms with Crippen LogP contribution in [0.25, 0.3) is 0 Å². The summed E-state index contributed by atoms with van der Waals surface area (Å²) in [4.78, 5) is 16.8. The number of methoxy groups -OCH3 is 1. The number of benzene rings is 2. The zero-order valence-electron chi connectivity index (χ0n) is 15.8. The van der Waals surface area contributed by atoms with Crippen molar-refractivity contribution in [3.05, 3.63) is 48.0 Å². The van der Waals surface area contributed by atoms with Gasteiger partial charge >= 0.3 is 0 Å². The van der Waals surface area contributed by atoms with E-state index in [1.165, 1.54) is 5.69 Å². The van der Waals surface area contributed by atoms with Crippen molar-refractivity contribution < 1.29 is 14.3 Å². The topological polar surface area (TPSA) is 54.0 Å². The average Bonchev–Trinajstić information content (AvgIpc) is 2.70. The molecule has 0 spiro atoms. The zero-order valence-corrected chi connectivity index (χ0v) is 15.8. The maximum absolute atomic E-state index is 11.9. The predicted octanol–water partition coefficient (Wildman–Crippen LogP) is 2.74. The Labute approximate surface area is 159 Å². The number of para-hydroxylation sites is 1. The number of hydrogen-bond donors (Lipinski definition) is 1. The second-order valence-corrected chi connectivity index (χ2v) is 7.02. The first-order chi connectivity index (χ1) is 13.1. The lowest BCUT2D eigenvalue weighted by molar-refractivity contribution is -0.122. The van der Waals surface area contributed by atoms with E-state index >= 15 is 0 Å². The highest BCUT2D eigenvalue weighted by atomic mass is 16.5. The molecule has 6 heteroatoms.